The molecule has 1 aliphatic heterocycles. The summed E-state index contributed by atoms with van der Waals surface area (Å²) in [5, 5.41) is 0. The fourth-order valence-electron chi connectivity index (χ4n) is 1.27. The van der Waals surface area contributed by atoms with Crippen molar-refractivity contribution < 1.29 is 13.7 Å². The summed E-state index contributed by atoms with van der Waals surface area (Å²) >= 11 is 0. The van der Waals surface area contributed by atoms with E-state index in [0.29, 0.717) is 13.0 Å². The summed E-state index contributed by atoms with van der Waals surface area (Å²) in [7, 11) is -1.18. The predicted octanol–water partition coefficient (Wildman–Crippen LogP) is 2.06. The van der Waals surface area contributed by atoms with Gasteiger partial charge in [-0.2, -0.15) is 4.40 Å². The first-order valence-corrected chi connectivity index (χ1v) is 6.58. The fourth-order valence-corrected chi connectivity index (χ4v) is 1.80. The van der Waals surface area contributed by atoms with Crippen molar-refractivity contribution >= 4 is 17.2 Å². The van der Waals surface area contributed by atoms with Crippen LogP contribution in [-0.4, -0.2) is 33.7 Å². The SMILES string of the molecule is CC1(C)OC[C@H](C/C=N/[S@@](=O)C(C)(C)C)O1. The molecule has 16 heavy (non-hydrogen) atoms. The maximum atomic E-state index is 11.6. The lowest BCUT2D eigenvalue weighted by atomic mass is 10.3. The van der Waals surface area contributed by atoms with Crippen LogP contribution in [0.3, 0.4) is 0 Å². The Balaban J connectivity index is 2.36. The van der Waals surface area contributed by atoms with E-state index >= 15 is 0 Å². The van der Waals surface area contributed by atoms with Gasteiger partial charge in [-0.3, -0.25) is 0 Å². The first-order valence-electron chi connectivity index (χ1n) is 5.47. The summed E-state index contributed by atoms with van der Waals surface area (Å²) in [4.78, 5) is 0. The van der Waals surface area contributed by atoms with Gasteiger partial charge in [0, 0.05) is 12.6 Å². The zero-order chi connectivity index (χ0) is 12.4. The average Bonchev–Trinajstić information content (AvgIpc) is 2.44. The quantitative estimate of drug-likeness (QED) is 0.717. The highest BCUT2D eigenvalue weighted by molar-refractivity contribution is 7.85. The van der Waals surface area contributed by atoms with Gasteiger partial charge in [-0.05, 0) is 34.6 Å². The van der Waals surface area contributed by atoms with Crippen LogP contribution in [-0.2, 0) is 20.5 Å². The van der Waals surface area contributed by atoms with Gasteiger partial charge >= 0.3 is 0 Å². The molecule has 0 bridgehead atoms. The van der Waals surface area contributed by atoms with E-state index in [0.717, 1.165) is 0 Å². The Morgan fingerprint density at radius 3 is 2.56 bits per heavy atom. The molecule has 0 radical (unpaired) electrons. The second-order valence-corrected chi connectivity index (χ2v) is 7.27. The van der Waals surface area contributed by atoms with Crippen molar-refractivity contribution in [3.8, 4) is 0 Å². The molecular weight excluding hydrogens is 226 g/mol. The van der Waals surface area contributed by atoms with Crippen molar-refractivity contribution in [3.63, 3.8) is 0 Å². The molecule has 0 aliphatic carbocycles. The first kappa shape index (κ1) is 13.8. The molecule has 4 nitrogen and oxygen atoms in total. The molecule has 0 unspecified atom stereocenters. The van der Waals surface area contributed by atoms with Gasteiger partial charge in [0.25, 0.3) is 0 Å². The standard InChI is InChI=1S/C11H21NO3S/c1-10(2,3)16(13)12-7-6-9-8-14-11(4,5)15-9/h7,9H,6,8H2,1-5H3/b12-7+/t9-,16-/m0/s1. The summed E-state index contributed by atoms with van der Waals surface area (Å²) in [6.45, 7) is 10.0. The molecule has 1 heterocycles. The Hall–Kier alpha value is -0.260. The fraction of sp³-hybridized carbons (Fsp3) is 0.909. The molecule has 0 spiro atoms. The van der Waals surface area contributed by atoms with Crippen molar-refractivity contribution in [1.82, 2.24) is 0 Å². The molecule has 94 valence electrons. The van der Waals surface area contributed by atoms with Gasteiger partial charge in [0.1, 0.15) is 11.0 Å². The highest BCUT2D eigenvalue weighted by Crippen LogP contribution is 2.23. The van der Waals surface area contributed by atoms with E-state index in [1.165, 1.54) is 0 Å². The third-order valence-electron chi connectivity index (χ3n) is 2.13. The van der Waals surface area contributed by atoms with Gasteiger partial charge in [0.2, 0.25) is 0 Å². The van der Waals surface area contributed by atoms with Gasteiger partial charge in [-0.25, -0.2) is 4.21 Å². The summed E-state index contributed by atoms with van der Waals surface area (Å²) in [6, 6.07) is 0. The van der Waals surface area contributed by atoms with Crippen molar-refractivity contribution in [3.05, 3.63) is 0 Å². The van der Waals surface area contributed by atoms with E-state index in [2.05, 4.69) is 4.40 Å². The largest absolute Gasteiger partial charge is 0.348 e. The minimum absolute atomic E-state index is 0.0238. The van der Waals surface area contributed by atoms with Crippen molar-refractivity contribution in [2.75, 3.05) is 6.61 Å². The number of ether oxygens (including phenoxy) is 2. The molecule has 1 aliphatic rings. The Kier molecular flexibility index (Phi) is 4.26. The first-order chi connectivity index (χ1) is 7.21. The Bertz CT molecular complexity index is 294. The van der Waals surface area contributed by atoms with Crippen LogP contribution >= 0.6 is 0 Å². The zero-order valence-electron chi connectivity index (χ0n) is 10.6. The van der Waals surface area contributed by atoms with Gasteiger partial charge in [0.15, 0.2) is 5.79 Å². The van der Waals surface area contributed by atoms with Crippen molar-refractivity contribution in [1.29, 1.82) is 0 Å². The third kappa shape index (κ3) is 4.31. The van der Waals surface area contributed by atoms with E-state index in [1.54, 1.807) is 6.21 Å². The van der Waals surface area contributed by atoms with Gasteiger partial charge < -0.3 is 9.47 Å². The molecule has 5 heteroatoms. The van der Waals surface area contributed by atoms with Crippen LogP contribution in [0.5, 0.6) is 0 Å². The summed E-state index contributed by atoms with van der Waals surface area (Å²) in [5.41, 5.74) is 0. The lowest BCUT2D eigenvalue weighted by Crippen LogP contribution is -2.22. The molecule has 0 aromatic heterocycles. The van der Waals surface area contributed by atoms with Crippen LogP contribution in [0.15, 0.2) is 4.40 Å². The minimum Gasteiger partial charge on any atom is -0.348 e. The average molecular weight is 247 g/mol. The van der Waals surface area contributed by atoms with Gasteiger partial charge in [-0.15, -0.1) is 0 Å². The predicted molar refractivity (Wildman–Crippen MR) is 65.9 cm³/mol. The molecule has 1 rings (SSSR count). The van der Waals surface area contributed by atoms with Crippen LogP contribution in [0.4, 0.5) is 0 Å². The van der Waals surface area contributed by atoms with Crippen LogP contribution in [0.25, 0.3) is 0 Å². The molecule has 0 aromatic rings. The zero-order valence-corrected chi connectivity index (χ0v) is 11.5. The van der Waals surface area contributed by atoms with E-state index < -0.39 is 16.8 Å². The van der Waals surface area contributed by atoms with Crippen LogP contribution in [0, 0.1) is 0 Å². The topological polar surface area (TPSA) is 47.9 Å². The lowest BCUT2D eigenvalue weighted by Gasteiger charge is -2.16. The number of hydrogen-bond acceptors (Lipinski definition) is 3. The molecule has 1 fully saturated rings. The van der Waals surface area contributed by atoms with Crippen LogP contribution in [0.1, 0.15) is 41.0 Å². The van der Waals surface area contributed by atoms with Gasteiger partial charge in [-0.1, -0.05) is 0 Å². The van der Waals surface area contributed by atoms with Crippen molar-refractivity contribution in [2.24, 2.45) is 4.40 Å². The minimum atomic E-state index is -1.18. The molecule has 0 aromatic carbocycles. The van der Waals surface area contributed by atoms with E-state index in [4.69, 9.17) is 9.47 Å². The molecule has 0 amide bonds. The third-order valence-corrected chi connectivity index (χ3v) is 3.52. The summed E-state index contributed by atoms with van der Waals surface area (Å²) in [6.07, 6.45) is 2.35. The number of hydrogen-bond donors (Lipinski definition) is 0. The molecular formula is C11H21NO3S. The Morgan fingerprint density at radius 2 is 2.12 bits per heavy atom. The molecule has 2 atom stereocenters. The lowest BCUT2D eigenvalue weighted by molar-refractivity contribution is -0.137. The Morgan fingerprint density at radius 1 is 1.50 bits per heavy atom. The summed E-state index contributed by atoms with van der Waals surface area (Å²) < 4.78 is 26.3. The monoisotopic (exact) mass is 247 g/mol. The van der Waals surface area contributed by atoms with E-state index in [9.17, 15) is 4.21 Å². The van der Waals surface area contributed by atoms with Crippen molar-refractivity contribution in [2.45, 2.75) is 57.7 Å². The maximum absolute atomic E-state index is 11.6. The molecule has 0 N–H and O–H groups in total. The highest BCUT2D eigenvalue weighted by atomic mass is 32.2. The normalized spacial score (nSPS) is 27.4. The summed E-state index contributed by atoms with van der Waals surface area (Å²) in [5.74, 6) is -0.498. The number of rotatable bonds is 3. The van der Waals surface area contributed by atoms with Gasteiger partial charge in [0.05, 0.1) is 17.5 Å². The molecule has 1 saturated heterocycles. The van der Waals surface area contributed by atoms with E-state index in [1.807, 2.05) is 34.6 Å². The second kappa shape index (κ2) is 4.94. The maximum Gasteiger partial charge on any atom is 0.163 e. The smallest absolute Gasteiger partial charge is 0.163 e. The van der Waals surface area contributed by atoms with E-state index in [-0.39, 0.29) is 10.9 Å². The number of nitrogens with zero attached hydrogens (tertiary/aromatic N) is 1. The highest BCUT2D eigenvalue weighted by Gasteiger charge is 2.31. The Labute approximate surface area is 100 Å². The van der Waals surface area contributed by atoms with Crippen LogP contribution in [0.2, 0.25) is 0 Å². The second-order valence-electron chi connectivity index (χ2n) is 5.34. The molecule has 0 saturated carbocycles. The van der Waals surface area contributed by atoms with Crippen LogP contribution < -0.4 is 0 Å².